The normalized spacial score (nSPS) is 17.2. The van der Waals surface area contributed by atoms with Crippen LogP contribution in [0.4, 0.5) is 4.79 Å². The van der Waals surface area contributed by atoms with E-state index in [1.807, 2.05) is 87.5 Å². The number of carbonyl (C=O) groups excluding carboxylic acids is 1. The minimum absolute atomic E-state index is 0.142. The average Bonchev–Trinajstić information content (AvgIpc) is 3.01. The molecule has 1 amide bonds. The molecule has 0 bridgehead atoms. The number of piperidine rings is 1. The van der Waals surface area contributed by atoms with Crippen molar-refractivity contribution >= 4 is 16.9 Å². The molecule has 0 radical (unpaired) electrons. The second-order valence-corrected chi connectivity index (χ2v) is 11.8. The van der Waals surface area contributed by atoms with Crippen LogP contribution in [0.15, 0.2) is 109 Å². The second kappa shape index (κ2) is 14.3. The van der Waals surface area contributed by atoms with E-state index in [2.05, 4.69) is 42.5 Å². The molecule has 5 rings (SSSR count). The van der Waals surface area contributed by atoms with Crippen LogP contribution in [0.25, 0.3) is 10.8 Å². The summed E-state index contributed by atoms with van der Waals surface area (Å²) in [6, 6.07) is 32.7. The van der Waals surface area contributed by atoms with Gasteiger partial charge in [0.1, 0.15) is 30.3 Å². The Labute approximate surface area is 254 Å². The zero-order valence-corrected chi connectivity index (χ0v) is 25.3. The van der Waals surface area contributed by atoms with Gasteiger partial charge >= 0.3 is 6.09 Å². The SMILES string of the molecule is CC(C)(C)OC(=O)N1CCC(c2ccc(OC/C=C/COc3ccccc3)cc2)C(OCc2ccc3ccccc3c2)C1. The zero-order valence-electron chi connectivity index (χ0n) is 25.3. The highest BCUT2D eigenvalue weighted by molar-refractivity contribution is 5.82. The molecule has 2 atom stereocenters. The summed E-state index contributed by atoms with van der Waals surface area (Å²) >= 11 is 0. The predicted molar refractivity (Wildman–Crippen MR) is 171 cm³/mol. The van der Waals surface area contributed by atoms with Crippen LogP contribution in [0.1, 0.15) is 44.2 Å². The van der Waals surface area contributed by atoms with E-state index in [4.69, 9.17) is 18.9 Å². The minimum Gasteiger partial charge on any atom is -0.490 e. The van der Waals surface area contributed by atoms with Crippen molar-refractivity contribution in [2.75, 3.05) is 26.3 Å². The van der Waals surface area contributed by atoms with E-state index in [-0.39, 0.29) is 18.1 Å². The maximum atomic E-state index is 12.9. The first-order chi connectivity index (χ1) is 20.8. The highest BCUT2D eigenvalue weighted by Gasteiger charge is 2.35. The molecule has 1 aliphatic rings. The Morgan fingerprint density at radius 2 is 1.47 bits per heavy atom. The molecule has 0 aliphatic carbocycles. The third-order valence-corrected chi connectivity index (χ3v) is 7.40. The molecule has 1 aliphatic heterocycles. The number of hydrogen-bond acceptors (Lipinski definition) is 5. The number of amides is 1. The molecule has 0 spiro atoms. The Bertz CT molecular complexity index is 1490. The van der Waals surface area contributed by atoms with Crippen LogP contribution in [0, 0.1) is 0 Å². The van der Waals surface area contributed by atoms with Crippen molar-refractivity contribution in [1.29, 1.82) is 0 Å². The standard InChI is InChI=1S/C37H41NO5/c1-37(2,3)43-36(39)38-22-21-34(35(26-38)42-27-28-15-16-29-11-7-8-12-31(29)25-28)30-17-19-33(20-18-30)41-24-10-9-23-40-32-13-5-4-6-14-32/h4-20,25,34-35H,21-24,26-27H2,1-3H3/b10-9+. The zero-order chi connectivity index (χ0) is 30.1. The van der Waals surface area contributed by atoms with E-state index < -0.39 is 5.60 Å². The molecular formula is C37H41NO5. The van der Waals surface area contributed by atoms with Crippen LogP contribution in [0.5, 0.6) is 11.5 Å². The summed E-state index contributed by atoms with van der Waals surface area (Å²) in [5.41, 5.74) is 1.74. The molecule has 43 heavy (non-hydrogen) atoms. The van der Waals surface area contributed by atoms with Crippen LogP contribution >= 0.6 is 0 Å². The first-order valence-corrected chi connectivity index (χ1v) is 15.0. The van der Waals surface area contributed by atoms with Crippen molar-refractivity contribution in [3.05, 3.63) is 120 Å². The van der Waals surface area contributed by atoms with E-state index in [1.54, 1.807) is 4.90 Å². The molecule has 6 heteroatoms. The van der Waals surface area contributed by atoms with Gasteiger partial charge in [-0.25, -0.2) is 4.79 Å². The van der Waals surface area contributed by atoms with Crippen LogP contribution in [0.3, 0.4) is 0 Å². The summed E-state index contributed by atoms with van der Waals surface area (Å²) in [7, 11) is 0. The number of hydrogen-bond donors (Lipinski definition) is 0. The lowest BCUT2D eigenvalue weighted by atomic mass is 9.87. The molecule has 0 aromatic heterocycles. The summed E-state index contributed by atoms with van der Waals surface area (Å²) in [5.74, 6) is 1.79. The fraction of sp³-hybridized carbons (Fsp3) is 0.324. The molecule has 4 aromatic rings. The molecule has 1 fully saturated rings. The number of rotatable bonds is 10. The van der Waals surface area contributed by atoms with Gasteiger partial charge in [0.15, 0.2) is 0 Å². The van der Waals surface area contributed by atoms with Crippen molar-refractivity contribution in [1.82, 2.24) is 4.90 Å². The fourth-order valence-corrected chi connectivity index (χ4v) is 5.24. The van der Waals surface area contributed by atoms with Gasteiger partial charge in [0.2, 0.25) is 0 Å². The quantitative estimate of drug-likeness (QED) is 0.177. The Morgan fingerprint density at radius 1 is 0.814 bits per heavy atom. The van der Waals surface area contributed by atoms with E-state index in [0.29, 0.717) is 32.9 Å². The Balaban J connectivity index is 1.20. The molecule has 1 saturated heterocycles. The highest BCUT2D eigenvalue weighted by atomic mass is 16.6. The molecule has 0 saturated carbocycles. The number of benzene rings is 4. The van der Waals surface area contributed by atoms with Crippen molar-refractivity contribution in [3.8, 4) is 11.5 Å². The first kappa shape index (κ1) is 30.2. The molecule has 2 unspecified atom stereocenters. The number of fused-ring (bicyclic) bond motifs is 1. The van der Waals surface area contributed by atoms with Crippen molar-refractivity contribution in [2.24, 2.45) is 0 Å². The van der Waals surface area contributed by atoms with E-state index in [0.717, 1.165) is 23.5 Å². The minimum atomic E-state index is -0.546. The van der Waals surface area contributed by atoms with Crippen molar-refractivity contribution in [3.63, 3.8) is 0 Å². The monoisotopic (exact) mass is 579 g/mol. The maximum absolute atomic E-state index is 12.9. The van der Waals surface area contributed by atoms with Crippen LogP contribution in [-0.2, 0) is 16.1 Å². The Hall–Kier alpha value is -4.29. The summed E-state index contributed by atoms with van der Waals surface area (Å²) in [6.45, 7) is 8.19. The molecule has 1 heterocycles. The lowest BCUT2D eigenvalue weighted by molar-refractivity contribution is -0.0359. The van der Waals surface area contributed by atoms with Gasteiger partial charge in [0.05, 0.1) is 19.3 Å². The van der Waals surface area contributed by atoms with Crippen molar-refractivity contribution < 1.29 is 23.7 Å². The Morgan fingerprint density at radius 3 is 2.16 bits per heavy atom. The van der Waals surface area contributed by atoms with Crippen molar-refractivity contribution in [2.45, 2.75) is 51.4 Å². The van der Waals surface area contributed by atoms with Gasteiger partial charge in [0.25, 0.3) is 0 Å². The van der Waals surface area contributed by atoms with Gasteiger partial charge in [-0.3, -0.25) is 0 Å². The number of ether oxygens (including phenoxy) is 4. The van der Waals surface area contributed by atoms with Gasteiger partial charge in [0, 0.05) is 12.5 Å². The maximum Gasteiger partial charge on any atom is 0.410 e. The lowest BCUT2D eigenvalue weighted by Crippen LogP contribution is -2.48. The number of likely N-dealkylation sites (tertiary alicyclic amines) is 1. The third kappa shape index (κ3) is 8.85. The summed E-state index contributed by atoms with van der Waals surface area (Å²) < 4.78 is 23.8. The first-order valence-electron chi connectivity index (χ1n) is 15.0. The smallest absolute Gasteiger partial charge is 0.410 e. The van der Waals surface area contributed by atoms with Gasteiger partial charge in [-0.1, -0.05) is 66.7 Å². The van der Waals surface area contributed by atoms with Crippen LogP contribution < -0.4 is 9.47 Å². The Kier molecular flexibility index (Phi) is 10.0. The lowest BCUT2D eigenvalue weighted by Gasteiger charge is -2.39. The molecule has 6 nitrogen and oxygen atoms in total. The molecule has 224 valence electrons. The number of para-hydroxylation sites is 1. The molecule has 0 N–H and O–H groups in total. The van der Waals surface area contributed by atoms with Crippen LogP contribution in [-0.4, -0.2) is 49.0 Å². The molecule has 4 aromatic carbocycles. The molecular weight excluding hydrogens is 538 g/mol. The third-order valence-electron chi connectivity index (χ3n) is 7.40. The fourth-order valence-electron chi connectivity index (χ4n) is 5.24. The number of nitrogens with zero attached hydrogens (tertiary/aromatic N) is 1. The second-order valence-electron chi connectivity index (χ2n) is 11.8. The summed E-state index contributed by atoms with van der Waals surface area (Å²) in [5, 5.41) is 2.39. The van der Waals surface area contributed by atoms with Crippen LogP contribution in [0.2, 0.25) is 0 Å². The topological polar surface area (TPSA) is 57.2 Å². The summed E-state index contributed by atoms with van der Waals surface area (Å²) in [4.78, 5) is 14.7. The highest BCUT2D eigenvalue weighted by Crippen LogP contribution is 2.33. The van der Waals surface area contributed by atoms with Gasteiger partial charge < -0.3 is 23.8 Å². The largest absolute Gasteiger partial charge is 0.490 e. The van der Waals surface area contributed by atoms with E-state index >= 15 is 0 Å². The summed E-state index contributed by atoms with van der Waals surface area (Å²) in [6.07, 6.45) is 4.23. The van der Waals surface area contributed by atoms with E-state index in [9.17, 15) is 4.79 Å². The van der Waals surface area contributed by atoms with Gasteiger partial charge in [-0.15, -0.1) is 0 Å². The van der Waals surface area contributed by atoms with Gasteiger partial charge in [-0.2, -0.15) is 0 Å². The average molecular weight is 580 g/mol. The van der Waals surface area contributed by atoms with E-state index in [1.165, 1.54) is 16.3 Å². The predicted octanol–water partition coefficient (Wildman–Crippen LogP) is 8.16. The number of carbonyl (C=O) groups is 1. The van der Waals surface area contributed by atoms with Gasteiger partial charge in [-0.05, 0) is 91.6 Å².